The van der Waals surface area contributed by atoms with E-state index in [0.717, 1.165) is 31.5 Å². The predicted molar refractivity (Wildman–Crippen MR) is 91.8 cm³/mol. The minimum absolute atomic E-state index is 0.131. The lowest BCUT2D eigenvalue weighted by molar-refractivity contribution is -0.112. The molecule has 0 bridgehead atoms. The molecule has 0 aromatic heterocycles. The molecule has 1 aromatic rings. The van der Waals surface area contributed by atoms with Crippen LogP contribution in [0.15, 0.2) is 36.0 Å². The molecule has 122 valence electrons. The Kier molecular flexibility index (Phi) is 5.78. The van der Waals surface area contributed by atoms with Crippen molar-refractivity contribution < 1.29 is 4.79 Å². The van der Waals surface area contributed by atoms with Gasteiger partial charge in [0.1, 0.15) is 11.6 Å². The molecule has 0 spiro atoms. The van der Waals surface area contributed by atoms with Crippen molar-refractivity contribution in [1.29, 1.82) is 5.26 Å². The van der Waals surface area contributed by atoms with Gasteiger partial charge in [-0.15, -0.1) is 0 Å². The van der Waals surface area contributed by atoms with Crippen molar-refractivity contribution in [3.8, 4) is 6.07 Å². The lowest BCUT2D eigenvalue weighted by Gasteiger charge is -2.34. The van der Waals surface area contributed by atoms with E-state index in [9.17, 15) is 10.1 Å². The third-order valence-electron chi connectivity index (χ3n) is 4.27. The van der Waals surface area contributed by atoms with Crippen molar-refractivity contribution >= 4 is 11.6 Å². The van der Waals surface area contributed by atoms with Gasteiger partial charge >= 0.3 is 0 Å². The third kappa shape index (κ3) is 4.83. The average Bonchev–Trinajstić information content (AvgIpc) is 2.55. The molecule has 0 radical (unpaired) electrons. The maximum Gasteiger partial charge on any atom is 0.267 e. The number of rotatable bonds is 4. The van der Waals surface area contributed by atoms with E-state index in [4.69, 9.17) is 0 Å². The molecule has 1 aliphatic heterocycles. The summed E-state index contributed by atoms with van der Waals surface area (Å²) < 4.78 is 0. The quantitative estimate of drug-likeness (QED) is 0.685. The van der Waals surface area contributed by atoms with Crippen molar-refractivity contribution in [2.75, 3.05) is 32.5 Å². The van der Waals surface area contributed by atoms with E-state index in [2.05, 4.69) is 17.3 Å². The second-order valence-electron chi connectivity index (χ2n) is 6.17. The van der Waals surface area contributed by atoms with Crippen LogP contribution in [0, 0.1) is 18.3 Å². The number of nitrogens with zero attached hydrogens (tertiary/aromatic N) is 3. The standard InChI is InChI=1S/C18H24N4O/c1-14-4-6-16(7-5-14)20-18(23)15(12-19)13-22(3)17-8-10-21(2)11-9-17/h4-7,13,17H,8-11H2,1-3H3,(H,20,23)/b15-13-. The average molecular weight is 312 g/mol. The summed E-state index contributed by atoms with van der Waals surface area (Å²) in [5, 5.41) is 12.1. The van der Waals surface area contributed by atoms with Crippen LogP contribution in [-0.2, 0) is 4.79 Å². The van der Waals surface area contributed by atoms with Crippen LogP contribution in [0.25, 0.3) is 0 Å². The molecule has 5 nitrogen and oxygen atoms in total. The minimum Gasteiger partial charge on any atom is -0.376 e. The van der Waals surface area contributed by atoms with E-state index in [0.29, 0.717) is 11.7 Å². The van der Waals surface area contributed by atoms with E-state index in [1.807, 2.05) is 49.2 Å². The molecular weight excluding hydrogens is 288 g/mol. The summed E-state index contributed by atoms with van der Waals surface area (Å²) in [5.41, 5.74) is 1.96. The number of carbonyl (C=O) groups excluding carboxylic acids is 1. The highest BCUT2D eigenvalue weighted by Crippen LogP contribution is 2.16. The van der Waals surface area contributed by atoms with Crippen LogP contribution in [0.3, 0.4) is 0 Å². The van der Waals surface area contributed by atoms with Crippen molar-refractivity contribution in [3.05, 3.63) is 41.6 Å². The Balaban J connectivity index is 2.01. The molecule has 1 heterocycles. The van der Waals surface area contributed by atoms with Gasteiger partial charge in [0.15, 0.2) is 0 Å². The van der Waals surface area contributed by atoms with Gasteiger partial charge in [-0.3, -0.25) is 4.79 Å². The fourth-order valence-electron chi connectivity index (χ4n) is 2.68. The van der Waals surface area contributed by atoms with Crippen molar-refractivity contribution in [2.24, 2.45) is 0 Å². The first-order valence-corrected chi connectivity index (χ1v) is 7.90. The van der Waals surface area contributed by atoms with E-state index >= 15 is 0 Å². The highest BCUT2D eigenvalue weighted by atomic mass is 16.1. The fourth-order valence-corrected chi connectivity index (χ4v) is 2.68. The predicted octanol–water partition coefficient (Wildman–Crippen LogP) is 2.37. The Morgan fingerprint density at radius 2 is 1.96 bits per heavy atom. The number of aryl methyl sites for hydroxylation is 1. The van der Waals surface area contributed by atoms with Crippen molar-refractivity contribution in [2.45, 2.75) is 25.8 Å². The molecule has 0 saturated carbocycles. The molecule has 5 heteroatoms. The number of hydrogen-bond acceptors (Lipinski definition) is 4. The number of nitrogens with one attached hydrogen (secondary N) is 1. The third-order valence-corrected chi connectivity index (χ3v) is 4.27. The number of benzene rings is 1. The second kappa shape index (κ2) is 7.80. The van der Waals surface area contributed by atoms with Gasteiger partial charge in [-0.2, -0.15) is 5.26 Å². The number of amides is 1. The van der Waals surface area contributed by atoms with Crippen LogP contribution in [0.5, 0.6) is 0 Å². The van der Waals surface area contributed by atoms with Crippen molar-refractivity contribution in [3.63, 3.8) is 0 Å². The van der Waals surface area contributed by atoms with E-state index in [-0.39, 0.29) is 11.5 Å². The van der Waals surface area contributed by atoms with Crippen LogP contribution in [0.2, 0.25) is 0 Å². The molecule has 0 aliphatic carbocycles. The Hall–Kier alpha value is -2.32. The van der Waals surface area contributed by atoms with Gasteiger partial charge in [0, 0.05) is 25.0 Å². The van der Waals surface area contributed by atoms with Gasteiger partial charge < -0.3 is 15.1 Å². The van der Waals surface area contributed by atoms with E-state index < -0.39 is 0 Å². The Morgan fingerprint density at radius 3 is 2.52 bits per heavy atom. The molecule has 1 N–H and O–H groups in total. The zero-order chi connectivity index (χ0) is 16.8. The number of piperidine rings is 1. The lowest BCUT2D eigenvalue weighted by atomic mass is 10.0. The molecule has 2 rings (SSSR count). The zero-order valence-corrected chi connectivity index (χ0v) is 14.0. The van der Waals surface area contributed by atoms with Gasteiger partial charge in [0.25, 0.3) is 5.91 Å². The first-order chi connectivity index (χ1) is 11.0. The zero-order valence-electron chi connectivity index (χ0n) is 14.0. The fraction of sp³-hybridized carbons (Fsp3) is 0.444. The monoisotopic (exact) mass is 312 g/mol. The van der Waals surface area contributed by atoms with Gasteiger partial charge in [-0.25, -0.2) is 0 Å². The SMILES string of the molecule is Cc1ccc(NC(=O)/C(C#N)=C\N(C)C2CCN(C)CC2)cc1. The van der Waals surface area contributed by atoms with Gasteiger partial charge in [-0.1, -0.05) is 17.7 Å². The van der Waals surface area contributed by atoms with Gasteiger partial charge in [-0.05, 0) is 52.0 Å². The summed E-state index contributed by atoms with van der Waals surface area (Å²) in [6.45, 7) is 4.07. The summed E-state index contributed by atoms with van der Waals surface area (Å²) in [6, 6.07) is 9.91. The summed E-state index contributed by atoms with van der Waals surface area (Å²) in [4.78, 5) is 16.6. The second-order valence-corrected chi connectivity index (χ2v) is 6.17. The van der Waals surface area contributed by atoms with Crippen LogP contribution in [-0.4, -0.2) is 48.9 Å². The Labute approximate surface area is 138 Å². The first-order valence-electron chi connectivity index (χ1n) is 7.90. The van der Waals surface area contributed by atoms with Gasteiger partial charge in [0.2, 0.25) is 0 Å². The minimum atomic E-state index is -0.365. The summed E-state index contributed by atoms with van der Waals surface area (Å²) in [7, 11) is 4.05. The Morgan fingerprint density at radius 1 is 1.35 bits per heavy atom. The van der Waals surface area contributed by atoms with Crippen molar-refractivity contribution in [1.82, 2.24) is 9.80 Å². The largest absolute Gasteiger partial charge is 0.376 e. The van der Waals surface area contributed by atoms with Crippen LogP contribution >= 0.6 is 0 Å². The van der Waals surface area contributed by atoms with Crippen LogP contribution < -0.4 is 5.32 Å². The number of carbonyl (C=O) groups is 1. The molecule has 1 aliphatic rings. The molecular formula is C18H24N4O. The number of nitriles is 1. The molecule has 1 fully saturated rings. The molecule has 0 atom stereocenters. The highest BCUT2D eigenvalue weighted by Gasteiger charge is 2.20. The summed E-state index contributed by atoms with van der Waals surface area (Å²) in [6.07, 6.45) is 3.75. The number of anilines is 1. The highest BCUT2D eigenvalue weighted by molar-refractivity contribution is 6.06. The molecule has 23 heavy (non-hydrogen) atoms. The van der Waals surface area contributed by atoms with E-state index in [1.165, 1.54) is 0 Å². The summed E-state index contributed by atoms with van der Waals surface area (Å²) >= 11 is 0. The molecule has 1 amide bonds. The molecule has 0 unspecified atom stereocenters. The first kappa shape index (κ1) is 17.0. The normalized spacial score (nSPS) is 16.7. The Bertz CT molecular complexity index is 607. The molecule has 1 aromatic carbocycles. The number of hydrogen-bond donors (Lipinski definition) is 1. The lowest BCUT2D eigenvalue weighted by Crippen LogP contribution is -2.40. The van der Waals surface area contributed by atoms with E-state index in [1.54, 1.807) is 6.20 Å². The van der Waals surface area contributed by atoms with Gasteiger partial charge in [0.05, 0.1) is 0 Å². The maximum atomic E-state index is 12.3. The molecule has 1 saturated heterocycles. The number of likely N-dealkylation sites (tertiary alicyclic amines) is 1. The smallest absolute Gasteiger partial charge is 0.267 e. The van der Waals surface area contributed by atoms with Crippen LogP contribution in [0.4, 0.5) is 5.69 Å². The van der Waals surface area contributed by atoms with Crippen LogP contribution in [0.1, 0.15) is 18.4 Å². The summed E-state index contributed by atoms with van der Waals surface area (Å²) in [5.74, 6) is -0.365. The topological polar surface area (TPSA) is 59.4 Å². The maximum absolute atomic E-state index is 12.3.